The molecule has 0 spiro atoms. The van der Waals surface area contributed by atoms with E-state index in [-0.39, 0.29) is 18.5 Å². The molecule has 4 rings (SSSR count). The Hall–Kier alpha value is -2.45. The molecule has 0 bridgehead atoms. The van der Waals surface area contributed by atoms with Crippen molar-refractivity contribution in [1.82, 2.24) is 20.1 Å². The SMILES string of the molecule is Cl.OC(CC(Cc1ccccc1)Oc1ccc(-n2cncn2)cc1)C1(O)CCNCC1. The van der Waals surface area contributed by atoms with Crippen molar-refractivity contribution in [2.45, 2.75) is 43.5 Å². The van der Waals surface area contributed by atoms with Gasteiger partial charge >= 0.3 is 0 Å². The monoisotopic (exact) mass is 444 g/mol. The van der Waals surface area contributed by atoms with Crippen molar-refractivity contribution in [3.05, 3.63) is 72.8 Å². The van der Waals surface area contributed by atoms with Crippen molar-refractivity contribution >= 4 is 12.4 Å². The van der Waals surface area contributed by atoms with Crippen molar-refractivity contribution in [2.75, 3.05) is 13.1 Å². The summed E-state index contributed by atoms with van der Waals surface area (Å²) in [5.74, 6) is 0.712. The first-order valence-corrected chi connectivity index (χ1v) is 10.4. The van der Waals surface area contributed by atoms with E-state index in [9.17, 15) is 10.2 Å². The molecule has 3 aromatic rings. The van der Waals surface area contributed by atoms with E-state index in [1.165, 1.54) is 6.33 Å². The molecule has 2 heterocycles. The second kappa shape index (κ2) is 10.7. The van der Waals surface area contributed by atoms with Crippen LogP contribution in [0.3, 0.4) is 0 Å². The van der Waals surface area contributed by atoms with Crippen LogP contribution < -0.4 is 10.1 Å². The number of ether oxygens (including phenoxy) is 1. The molecule has 0 radical (unpaired) electrons. The van der Waals surface area contributed by atoms with E-state index in [0.29, 0.717) is 44.5 Å². The summed E-state index contributed by atoms with van der Waals surface area (Å²) in [6, 6.07) is 17.7. The first-order chi connectivity index (χ1) is 14.6. The summed E-state index contributed by atoms with van der Waals surface area (Å²) < 4.78 is 7.95. The van der Waals surface area contributed by atoms with E-state index in [2.05, 4.69) is 27.5 Å². The van der Waals surface area contributed by atoms with E-state index in [1.54, 1.807) is 11.0 Å². The summed E-state index contributed by atoms with van der Waals surface area (Å²) in [4.78, 5) is 3.96. The van der Waals surface area contributed by atoms with Gasteiger partial charge in [-0.1, -0.05) is 30.3 Å². The van der Waals surface area contributed by atoms with Gasteiger partial charge in [-0.05, 0) is 55.8 Å². The molecule has 2 aromatic carbocycles. The average molecular weight is 445 g/mol. The van der Waals surface area contributed by atoms with Gasteiger partial charge in [-0.3, -0.25) is 0 Å². The van der Waals surface area contributed by atoms with E-state index in [4.69, 9.17) is 4.74 Å². The summed E-state index contributed by atoms with van der Waals surface area (Å²) >= 11 is 0. The third-order valence-electron chi connectivity index (χ3n) is 5.70. The lowest BCUT2D eigenvalue weighted by Crippen LogP contribution is -2.51. The predicted molar refractivity (Wildman–Crippen MR) is 121 cm³/mol. The highest BCUT2D eigenvalue weighted by Crippen LogP contribution is 2.27. The summed E-state index contributed by atoms with van der Waals surface area (Å²) in [7, 11) is 0. The van der Waals surface area contributed by atoms with Crippen LogP contribution in [-0.2, 0) is 6.42 Å². The Labute approximate surface area is 188 Å². The molecule has 0 saturated carbocycles. The van der Waals surface area contributed by atoms with Crippen molar-refractivity contribution in [1.29, 1.82) is 0 Å². The van der Waals surface area contributed by atoms with Gasteiger partial charge in [0.25, 0.3) is 0 Å². The molecule has 0 aliphatic carbocycles. The van der Waals surface area contributed by atoms with Crippen LogP contribution in [-0.4, -0.2) is 55.9 Å². The van der Waals surface area contributed by atoms with Crippen molar-refractivity contribution in [3.8, 4) is 11.4 Å². The van der Waals surface area contributed by atoms with Gasteiger partial charge in [0.1, 0.15) is 24.5 Å². The normalized spacial score (nSPS) is 17.4. The highest BCUT2D eigenvalue weighted by Gasteiger charge is 2.38. The molecule has 2 atom stereocenters. The van der Waals surface area contributed by atoms with Crippen LogP contribution >= 0.6 is 12.4 Å². The Bertz CT molecular complexity index is 900. The van der Waals surface area contributed by atoms with Crippen LogP contribution in [0.4, 0.5) is 0 Å². The Morgan fingerprint density at radius 2 is 1.77 bits per heavy atom. The maximum atomic E-state index is 10.9. The van der Waals surface area contributed by atoms with Gasteiger partial charge < -0.3 is 20.3 Å². The maximum Gasteiger partial charge on any atom is 0.138 e. The summed E-state index contributed by atoms with van der Waals surface area (Å²) in [5.41, 5.74) is 0.954. The van der Waals surface area contributed by atoms with Gasteiger partial charge in [-0.15, -0.1) is 12.4 Å². The van der Waals surface area contributed by atoms with Crippen molar-refractivity contribution in [3.63, 3.8) is 0 Å². The maximum absolute atomic E-state index is 10.9. The summed E-state index contributed by atoms with van der Waals surface area (Å²) in [5, 5.41) is 29.1. The largest absolute Gasteiger partial charge is 0.490 e. The lowest BCUT2D eigenvalue weighted by Gasteiger charge is -2.38. The minimum atomic E-state index is -1.07. The smallest absolute Gasteiger partial charge is 0.138 e. The van der Waals surface area contributed by atoms with Crippen LogP contribution in [0.2, 0.25) is 0 Å². The number of aliphatic hydroxyl groups is 2. The quantitative estimate of drug-likeness (QED) is 0.494. The first-order valence-electron chi connectivity index (χ1n) is 10.4. The number of hydrogen-bond donors (Lipinski definition) is 3. The Kier molecular flexibility index (Phi) is 8.03. The second-order valence-electron chi connectivity index (χ2n) is 7.87. The molecule has 1 aliphatic heterocycles. The van der Waals surface area contributed by atoms with Gasteiger partial charge in [-0.2, -0.15) is 5.10 Å². The standard InChI is InChI=1S/C23H28N4O3.ClH/c28-22(23(29)10-12-24-13-11-23)15-21(14-18-4-2-1-3-5-18)30-20-8-6-19(7-9-20)27-17-25-16-26-27;/h1-9,16-17,21-22,24,28-29H,10-15H2;1H. The molecule has 3 N–H and O–H groups in total. The lowest BCUT2D eigenvalue weighted by atomic mass is 9.83. The minimum absolute atomic E-state index is 0. The molecule has 166 valence electrons. The van der Waals surface area contributed by atoms with E-state index >= 15 is 0 Å². The molecule has 1 saturated heterocycles. The minimum Gasteiger partial charge on any atom is -0.490 e. The molecule has 8 heteroatoms. The molecule has 0 amide bonds. The number of piperidine rings is 1. The second-order valence-corrected chi connectivity index (χ2v) is 7.87. The Balaban J connectivity index is 0.00000272. The van der Waals surface area contributed by atoms with Crippen LogP contribution in [0, 0.1) is 0 Å². The Morgan fingerprint density at radius 3 is 2.42 bits per heavy atom. The van der Waals surface area contributed by atoms with Crippen LogP contribution in [0.5, 0.6) is 5.75 Å². The third-order valence-corrected chi connectivity index (χ3v) is 5.70. The number of halogens is 1. The van der Waals surface area contributed by atoms with Crippen LogP contribution in [0.1, 0.15) is 24.8 Å². The summed E-state index contributed by atoms with van der Waals surface area (Å²) in [6.07, 6.45) is 4.11. The molecular weight excluding hydrogens is 416 g/mol. The fourth-order valence-corrected chi connectivity index (χ4v) is 3.92. The summed E-state index contributed by atoms with van der Waals surface area (Å²) in [6.45, 7) is 1.42. The number of aliphatic hydroxyl groups excluding tert-OH is 1. The number of rotatable bonds is 8. The van der Waals surface area contributed by atoms with Gasteiger partial charge in [-0.25, -0.2) is 9.67 Å². The fraction of sp³-hybridized carbons (Fsp3) is 0.391. The number of nitrogens with zero attached hydrogens (tertiary/aromatic N) is 3. The molecule has 1 aliphatic rings. The predicted octanol–water partition coefficient (Wildman–Crippen LogP) is 2.54. The van der Waals surface area contributed by atoms with E-state index in [1.807, 2.05) is 42.5 Å². The highest BCUT2D eigenvalue weighted by molar-refractivity contribution is 5.85. The average Bonchev–Trinajstić information content (AvgIpc) is 3.30. The number of nitrogens with one attached hydrogen (secondary N) is 1. The van der Waals surface area contributed by atoms with Crippen LogP contribution in [0.25, 0.3) is 5.69 Å². The zero-order valence-corrected chi connectivity index (χ0v) is 18.1. The highest BCUT2D eigenvalue weighted by atomic mass is 35.5. The molecule has 1 aromatic heterocycles. The van der Waals surface area contributed by atoms with E-state index < -0.39 is 11.7 Å². The Morgan fingerprint density at radius 1 is 1.06 bits per heavy atom. The third kappa shape index (κ3) is 6.04. The zero-order valence-electron chi connectivity index (χ0n) is 17.3. The van der Waals surface area contributed by atoms with Crippen molar-refractivity contribution in [2.24, 2.45) is 0 Å². The molecule has 2 unspecified atom stereocenters. The zero-order chi connectivity index (χ0) is 20.8. The van der Waals surface area contributed by atoms with Crippen molar-refractivity contribution < 1.29 is 14.9 Å². The molecular formula is C23H29ClN4O3. The van der Waals surface area contributed by atoms with Gasteiger partial charge in [0.2, 0.25) is 0 Å². The first kappa shape index (κ1) is 23.2. The molecule has 31 heavy (non-hydrogen) atoms. The van der Waals surface area contributed by atoms with Crippen LogP contribution in [0.15, 0.2) is 67.3 Å². The van der Waals surface area contributed by atoms with Gasteiger partial charge in [0, 0.05) is 12.8 Å². The molecule has 1 fully saturated rings. The topological polar surface area (TPSA) is 92.4 Å². The fourth-order valence-electron chi connectivity index (χ4n) is 3.92. The number of aromatic nitrogens is 3. The number of benzene rings is 2. The number of hydrogen-bond acceptors (Lipinski definition) is 6. The molecule has 7 nitrogen and oxygen atoms in total. The van der Waals surface area contributed by atoms with Gasteiger partial charge in [0.15, 0.2) is 0 Å². The van der Waals surface area contributed by atoms with E-state index in [0.717, 1.165) is 11.3 Å². The van der Waals surface area contributed by atoms with Gasteiger partial charge in [0.05, 0.1) is 17.4 Å². The lowest BCUT2D eigenvalue weighted by molar-refractivity contribution is -0.105.